The first-order valence-electron chi connectivity index (χ1n) is 41.1. The standard InChI is InChI=1S/C92H152NO8P/c1-6-8-10-12-14-16-18-20-22-24-26-28-30-32-34-36-38-40-42-44-45-46-47-49-51-53-55-57-59-61-63-65-67-69-71-73-75-77-79-81-83-85-92(95)101-90(89-100-102(96,97)99-87-86-93(3,4)5)88-98-91(94)84-82-80-78-76-74-72-70-68-66-64-62-60-58-56-54-52-50-48-43-41-39-37-35-33-31-29-27-25-23-21-19-17-15-13-11-9-7-2/h8-11,14-17,20-23,26-29,32-35,38-41,44-45,47-50,53,55,90H,6-7,12-13,18-19,24-25,30-31,36-37,42-43,46,51-52,54,56-89H2,1-5H3/b10-8-,11-9-,16-14-,17-15-,22-20-,23-21-,28-26-,29-27-,34-32-,35-33-,40-38-,41-39-,45-44-,49-47-,50-48-,55-53-. The Morgan fingerprint density at radius 1 is 0.304 bits per heavy atom. The number of quaternary nitrogens is 1. The van der Waals surface area contributed by atoms with Gasteiger partial charge in [-0.1, -0.05) is 362 Å². The Hall–Kier alpha value is -5.15. The molecule has 0 spiro atoms. The third kappa shape index (κ3) is 83.8. The van der Waals surface area contributed by atoms with Gasteiger partial charge in [-0.3, -0.25) is 14.2 Å². The summed E-state index contributed by atoms with van der Waals surface area (Å²) in [6.07, 6.45) is 124. The maximum absolute atomic E-state index is 12.9. The average molecular weight is 1430 g/mol. The molecule has 0 amide bonds. The van der Waals surface area contributed by atoms with Gasteiger partial charge in [0, 0.05) is 12.8 Å². The fraction of sp³-hybridized carbons (Fsp3) is 0.630. The Morgan fingerprint density at radius 3 is 0.784 bits per heavy atom. The highest BCUT2D eigenvalue weighted by molar-refractivity contribution is 7.45. The molecule has 578 valence electrons. The summed E-state index contributed by atoms with van der Waals surface area (Å²) in [5.41, 5.74) is 0. The van der Waals surface area contributed by atoms with E-state index in [1.807, 2.05) is 21.1 Å². The summed E-state index contributed by atoms with van der Waals surface area (Å²) in [5.74, 6) is -0.836. The van der Waals surface area contributed by atoms with Crippen molar-refractivity contribution in [3.63, 3.8) is 0 Å². The van der Waals surface area contributed by atoms with Crippen LogP contribution in [-0.4, -0.2) is 70.0 Å². The number of unbranched alkanes of at least 4 members (excludes halogenated alkanes) is 28. The molecule has 0 aromatic heterocycles. The van der Waals surface area contributed by atoms with Gasteiger partial charge in [-0.25, -0.2) is 0 Å². The summed E-state index contributed by atoms with van der Waals surface area (Å²) >= 11 is 0. The molecule has 0 aliphatic carbocycles. The van der Waals surface area contributed by atoms with Crippen molar-refractivity contribution in [2.45, 2.75) is 328 Å². The number of carbonyl (C=O) groups is 2. The van der Waals surface area contributed by atoms with Gasteiger partial charge < -0.3 is 27.9 Å². The SMILES string of the molecule is CC/C=C\C/C=C\C/C=C\C/C=C\C/C=C\C/C=C\C/C=C\C/C=C\C/C=C\CCCCCCCCCCCCCCCC(=O)OC(COC(=O)CCCCCCCCCCCCCCCCC/C=C\C/C=C\C/C=C\C/C=C\C/C=C\C/C=C\C/C=C\CC)COP(=O)([O-])OCC[N+](C)(C)C. The van der Waals surface area contributed by atoms with Crippen molar-refractivity contribution in [2.24, 2.45) is 0 Å². The number of nitrogens with zero attached hydrogens (tertiary/aromatic N) is 1. The molecule has 0 aliphatic rings. The molecule has 102 heavy (non-hydrogen) atoms. The van der Waals surface area contributed by atoms with Crippen LogP contribution in [0.1, 0.15) is 322 Å². The summed E-state index contributed by atoms with van der Waals surface area (Å²) in [6, 6.07) is 0. The Morgan fingerprint density at radius 2 is 0.529 bits per heavy atom. The number of rotatable bonds is 74. The largest absolute Gasteiger partial charge is 0.756 e. The number of likely N-dealkylation sites (N-methyl/N-ethyl adjacent to an activating group) is 1. The molecule has 0 aliphatic heterocycles. The van der Waals surface area contributed by atoms with Crippen LogP contribution in [0.15, 0.2) is 194 Å². The van der Waals surface area contributed by atoms with Crippen LogP contribution in [0.5, 0.6) is 0 Å². The molecule has 0 heterocycles. The van der Waals surface area contributed by atoms with Crippen molar-refractivity contribution in [2.75, 3.05) is 47.5 Å². The molecule has 0 aromatic rings. The summed E-state index contributed by atoms with van der Waals surface area (Å²) < 4.78 is 34.4. The fourth-order valence-corrected chi connectivity index (χ4v) is 11.7. The first-order valence-corrected chi connectivity index (χ1v) is 42.6. The lowest BCUT2D eigenvalue weighted by Gasteiger charge is -2.28. The van der Waals surface area contributed by atoms with Gasteiger partial charge in [0.25, 0.3) is 7.82 Å². The number of hydrogen-bond acceptors (Lipinski definition) is 8. The molecule has 0 rings (SSSR count). The second kappa shape index (κ2) is 80.0. The van der Waals surface area contributed by atoms with E-state index < -0.39 is 26.5 Å². The molecule has 0 saturated heterocycles. The zero-order valence-corrected chi connectivity index (χ0v) is 66.9. The number of hydrogen-bond donors (Lipinski definition) is 0. The normalized spacial score (nSPS) is 14.1. The Balaban J connectivity index is 4.02. The zero-order chi connectivity index (χ0) is 74.0. The minimum atomic E-state index is -4.66. The molecule has 0 fully saturated rings. The van der Waals surface area contributed by atoms with Crippen LogP contribution >= 0.6 is 7.82 Å². The van der Waals surface area contributed by atoms with Gasteiger partial charge >= 0.3 is 11.9 Å². The predicted octanol–water partition coefficient (Wildman–Crippen LogP) is 27.3. The number of esters is 2. The molecule has 0 N–H and O–H groups in total. The average Bonchev–Trinajstić information content (AvgIpc) is 0.916. The van der Waals surface area contributed by atoms with Gasteiger partial charge in [-0.15, -0.1) is 0 Å². The van der Waals surface area contributed by atoms with E-state index in [4.69, 9.17) is 18.5 Å². The van der Waals surface area contributed by atoms with Crippen LogP contribution in [0, 0.1) is 0 Å². The smallest absolute Gasteiger partial charge is 0.306 e. The van der Waals surface area contributed by atoms with E-state index in [0.717, 1.165) is 141 Å². The summed E-state index contributed by atoms with van der Waals surface area (Å²) in [4.78, 5) is 38.2. The monoisotopic (exact) mass is 1430 g/mol. The van der Waals surface area contributed by atoms with Gasteiger partial charge in [-0.2, -0.15) is 0 Å². The van der Waals surface area contributed by atoms with E-state index in [2.05, 4.69) is 208 Å². The van der Waals surface area contributed by atoms with E-state index in [0.29, 0.717) is 17.4 Å². The van der Waals surface area contributed by atoms with Crippen LogP contribution in [0.2, 0.25) is 0 Å². The van der Waals surface area contributed by atoms with E-state index in [1.54, 1.807) is 0 Å². The van der Waals surface area contributed by atoms with Crippen LogP contribution in [0.4, 0.5) is 0 Å². The number of carbonyl (C=O) groups excluding carboxylic acids is 2. The van der Waals surface area contributed by atoms with Gasteiger partial charge in [-0.05, 0) is 141 Å². The van der Waals surface area contributed by atoms with Crippen LogP contribution < -0.4 is 4.89 Å². The molecule has 0 aromatic carbocycles. The van der Waals surface area contributed by atoms with Gasteiger partial charge in [0.15, 0.2) is 6.10 Å². The van der Waals surface area contributed by atoms with Crippen molar-refractivity contribution in [1.29, 1.82) is 0 Å². The summed E-state index contributed by atoms with van der Waals surface area (Å²) in [6.45, 7) is 4.02. The van der Waals surface area contributed by atoms with Crippen molar-refractivity contribution < 1.29 is 42.1 Å². The van der Waals surface area contributed by atoms with E-state index >= 15 is 0 Å². The molecule has 2 unspecified atom stereocenters. The van der Waals surface area contributed by atoms with Crippen LogP contribution in [0.25, 0.3) is 0 Å². The minimum absolute atomic E-state index is 0.0380. The van der Waals surface area contributed by atoms with Crippen molar-refractivity contribution in [3.05, 3.63) is 194 Å². The Kier molecular flexibility index (Phi) is 75.9. The molecular formula is C92H152NO8P. The van der Waals surface area contributed by atoms with Crippen molar-refractivity contribution >= 4 is 19.8 Å². The van der Waals surface area contributed by atoms with Gasteiger partial charge in [0.1, 0.15) is 19.8 Å². The number of ether oxygens (including phenoxy) is 2. The lowest BCUT2D eigenvalue weighted by atomic mass is 10.0. The lowest BCUT2D eigenvalue weighted by molar-refractivity contribution is -0.870. The van der Waals surface area contributed by atoms with Crippen molar-refractivity contribution in [1.82, 2.24) is 0 Å². The zero-order valence-electron chi connectivity index (χ0n) is 66.0. The second-order valence-electron chi connectivity index (χ2n) is 28.0. The first-order chi connectivity index (χ1) is 50.0. The lowest BCUT2D eigenvalue weighted by Crippen LogP contribution is -2.37. The highest BCUT2D eigenvalue weighted by atomic mass is 31.2. The third-order valence-corrected chi connectivity index (χ3v) is 18.1. The van der Waals surface area contributed by atoms with E-state index in [1.165, 1.54) is 148 Å². The second-order valence-corrected chi connectivity index (χ2v) is 29.4. The van der Waals surface area contributed by atoms with Gasteiger partial charge in [0.2, 0.25) is 0 Å². The highest BCUT2D eigenvalue weighted by Crippen LogP contribution is 2.38. The third-order valence-electron chi connectivity index (χ3n) is 17.1. The maximum atomic E-state index is 12.9. The molecule has 0 radical (unpaired) electrons. The highest BCUT2D eigenvalue weighted by Gasteiger charge is 2.22. The van der Waals surface area contributed by atoms with Crippen molar-refractivity contribution in [3.8, 4) is 0 Å². The Labute approximate surface area is 628 Å². The number of allylic oxidation sites excluding steroid dienone is 32. The molecule has 0 saturated carbocycles. The molecule has 2 atom stereocenters. The van der Waals surface area contributed by atoms with E-state index in [-0.39, 0.29) is 32.0 Å². The quantitative estimate of drug-likeness (QED) is 0.0195. The molecular weight excluding hydrogens is 1280 g/mol. The number of phosphoric ester groups is 1. The number of phosphoric acid groups is 1. The first kappa shape index (κ1) is 96.8. The molecule has 10 heteroatoms. The van der Waals surface area contributed by atoms with Crippen LogP contribution in [0.3, 0.4) is 0 Å². The summed E-state index contributed by atoms with van der Waals surface area (Å²) in [5, 5.41) is 0. The topological polar surface area (TPSA) is 111 Å². The molecule has 9 nitrogen and oxygen atoms in total. The van der Waals surface area contributed by atoms with E-state index in [9.17, 15) is 19.0 Å². The van der Waals surface area contributed by atoms with Crippen LogP contribution in [-0.2, 0) is 32.7 Å². The predicted molar refractivity (Wildman–Crippen MR) is 442 cm³/mol. The maximum Gasteiger partial charge on any atom is 0.306 e. The minimum Gasteiger partial charge on any atom is -0.756 e. The Bertz CT molecular complexity index is 2440. The summed E-state index contributed by atoms with van der Waals surface area (Å²) in [7, 11) is 1.15. The molecule has 0 bridgehead atoms. The van der Waals surface area contributed by atoms with Gasteiger partial charge in [0.05, 0.1) is 27.7 Å². The fourth-order valence-electron chi connectivity index (χ4n) is 10.9.